The molecule has 0 aliphatic carbocycles. The summed E-state index contributed by atoms with van der Waals surface area (Å²) in [6.07, 6.45) is 3.28. The van der Waals surface area contributed by atoms with Gasteiger partial charge in [-0.05, 0) is 36.6 Å². The van der Waals surface area contributed by atoms with E-state index in [2.05, 4.69) is 0 Å². The summed E-state index contributed by atoms with van der Waals surface area (Å²) in [5, 5.41) is 0. The molecule has 2 heterocycles. The Hall–Kier alpha value is -2.90. The van der Waals surface area contributed by atoms with Gasteiger partial charge in [0, 0.05) is 32.0 Å². The lowest BCUT2D eigenvalue weighted by atomic mass is 10.2. The Kier molecular flexibility index (Phi) is 5.74. The molecule has 1 aliphatic heterocycles. The molecule has 0 unspecified atom stereocenters. The van der Waals surface area contributed by atoms with E-state index in [0.29, 0.717) is 25.3 Å². The standard InChI is InChI=1S/C23H25N3O3S/c1-24-18-21(30(28,29)25-14-8-9-15-25)16-22(24)23(27)26(20-12-6-3-7-13-20)17-19-10-4-2-5-11-19/h2-7,10-13,16,18H,8-9,14-15,17H2,1H3. The number of aryl methyl sites for hydroxylation is 1. The lowest BCUT2D eigenvalue weighted by molar-refractivity contribution is 0.0977. The minimum atomic E-state index is -3.58. The van der Waals surface area contributed by atoms with Crippen LogP contribution in [0, 0.1) is 0 Å². The summed E-state index contributed by atoms with van der Waals surface area (Å²) in [6.45, 7) is 1.46. The highest BCUT2D eigenvalue weighted by Gasteiger charge is 2.30. The van der Waals surface area contributed by atoms with Crippen LogP contribution in [0.1, 0.15) is 28.9 Å². The Morgan fingerprint density at radius 1 is 0.967 bits per heavy atom. The molecule has 0 bridgehead atoms. The number of hydrogen-bond donors (Lipinski definition) is 0. The Labute approximate surface area is 177 Å². The van der Waals surface area contributed by atoms with Crippen molar-refractivity contribution in [2.45, 2.75) is 24.3 Å². The van der Waals surface area contributed by atoms with E-state index in [-0.39, 0.29) is 10.8 Å². The number of amides is 1. The molecule has 6 nitrogen and oxygen atoms in total. The molecule has 1 fully saturated rings. The first-order chi connectivity index (χ1) is 14.5. The van der Waals surface area contributed by atoms with Gasteiger partial charge in [0.15, 0.2) is 0 Å². The summed E-state index contributed by atoms with van der Waals surface area (Å²) in [7, 11) is -1.87. The Morgan fingerprint density at radius 2 is 1.57 bits per heavy atom. The van der Waals surface area contributed by atoms with Crippen LogP contribution >= 0.6 is 0 Å². The minimum absolute atomic E-state index is 0.169. The van der Waals surface area contributed by atoms with Gasteiger partial charge in [0.2, 0.25) is 10.0 Å². The van der Waals surface area contributed by atoms with E-state index in [1.807, 2.05) is 60.7 Å². The fraction of sp³-hybridized carbons (Fsp3) is 0.261. The number of anilines is 1. The zero-order chi connectivity index (χ0) is 21.1. The van der Waals surface area contributed by atoms with Gasteiger partial charge >= 0.3 is 0 Å². The number of hydrogen-bond acceptors (Lipinski definition) is 3. The predicted octanol–water partition coefficient (Wildman–Crippen LogP) is 3.66. The number of carbonyl (C=O) groups excluding carboxylic acids is 1. The SMILES string of the molecule is Cn1cc(S(=O)(=O)N2CCCC2)cc1C(=O)N(Cc1ccccc1)c1ccccc1. The van der Waals surface area contributed by atoms with E-state index in [1.165, 1.54) is 16.6 Å². The van der Waals surface area contributed by atoms with Crippen molar-refractivity contribution in [2.75, 3.05) is 18.0 Å². The molecular weight excluding hydrogens is 398 g/mol. The van der Waals surface area contributed by atoms with Crippen molar-refractivity contribution in [1.82, 2.24) is 8.87 Å². The van der Waals surface area contributed by atoms with Crippen LogP contribution in [-0.4, -0.2) is 36.3 Å². The van der Waals surface area contributed by atoms with Gasteiger partial charge in [0.25, 0.3) is 5.91 Å². The van der Waals surface area contributed by atoms with Gasteiger partial charge in [-0.1, -0.05) is 48.5 Å². The lowest BCUT2D eigenvalue weighted by Crippen LogP contribution is -2.31. The van der Waals surface area contributed by atoms with Crippen molar-refractivity contribution < 1.29 is 13.2 Å². The normalized spacial score (nSPS) is 14.7. The van der Waals surface area contributed by atoms with Crippen molar-refractivity contribution >= 4 is 21.6 Å². The largest absolute Gasteiger partial charge is 0.345 e. The third-order valence-corrected chi connectivity index (χ3v) is 7.26. The molecule has 1 aliphatic rings. The maximum atomic E-state index is 13.5. The molecule has 0 spiro atoms. The molecule has 0 N–H and O–H groups in total. The molecule has 30 heavy (non-hydrogen) atoms. The average Bonchev–Trinajstić information content (AvgIpc) is 3.44. The molecule has 0 saturated carbocycles. The van der Waals surface area contributed by atoms with Gasteiger partial charge in [0.05, 0.1) is 6.54 Å². The second-order valence-electron chi connectivity index (χ2n) is 7.50. The molecule has 3 aromatic rings. The third kappa shape index (κ3) is 4.04. The van der Waals surface area contributed by atoms with Crippen LogP contribution in [0.3, 0.4) is 0 Å². The molecule has 0 atom stereocenters. The number of aromatic nitrogens is 1. The van der Waals surface area contributed by atoms with E-state index < -0.39 is 10.0 Å². The lowest BCUT2D eigenvalue weighted by Gasteiger charge is -2.23. The number of sulfonamides is 1. The molecular formula is C23H25N3O3S. The van der Waals surface area contributed by atoms with Crippen molar-refractivity contribution in [3.63, 3.8) is 0 Å². The zero-order valence-corrected chi connectivity index (χ0v) is 17.8. The quantitative estimate of drug-likeness (QED) is 0.608. The first-order valence-corrected chi connectivity index (χ1v) is 11.5. The second kappa shape index (κ2) is 8.45. The van der Waals surface area contributed by atoms with E-state index in [0.717, 1.165) is 24.1 Å². The first-order valence-electron chi connectivity index (χ1n) is 10.0. The zero-order valence-electron chi connectivity index (χ0n) is 16.9. The van der Waals surface area contributed by atoms with Crippen molar-refractivity contribution in [3.05, 3.63) is 84.2 Å². The van der Waals surface area contributed by atoms with Crippen LogP contribution < -0.4 is 4.90 Å². The van der Waals surface area contributed by atoms with Crippen molar-refractivity contribution in [1.29, 1.82) is 0 Å². The fourth-order valence-corrected chi connectivity index (χ4v) is 5.35. The molecule has 2 aromatic carbocycles. The molecule has 0 radical (unpaired) electrons. The summed E-state index contributed by atoms with van der Waals surface area (Å²) in [5.41, 5.74) is 2.10. The summed E-state index contributed by atoms with van der Waals surface area (Å²) in [5.74, 6) is -0.240. The highest BCUT2D eigenvalue weighted by molar-refractivity contribution is 7.89. The molecule has 1 aromatic heterocycles. The molecule has 4 rings (SSSR count). The third-order valence-electron chi connectivity index (χ3n) is 5.40. The topological polar surface area (TPSA) is 62.6 Å². The van der Waals surface area contributed by atoms with E-state index >= 15 is 0 Å². The summed E-state index contributed by atoms with van der Waals surface area (Å²) in [4.78, 5) is 15.4. The number of nitrogens with zero attached hydrogens (tertiary/aromatic N) is 3. The Balaban J connectivity index is 1.69. The van der Waals surface area contributed by atoms with Gasteiger partial charge in [0.1, 0.15) is 10.6 Å². The van der Waals surface area contributed by atoms with Crippen LogP contribution in [0.5, 0.6) is 0 Å². The number of rotatable bonds is 6. The van der Waals surface area contributed by atoms with Gasteiger partial charge in [-0.15, -0.1) is 0 Å². The van der Waals surface area contributed by atoms with Crippen LogP contribution in [-0.2, 0) is 23.6 Å². The monoisotopic (exact) mass is 423 g/mol. The second-order valence-corrected chi connectivity index (χ2v) is 9.43. The van der Waals surface area contributed by atoms with E-state index in [1.54, 1.807) is 16.5 Å². The molecule has 1 amide bonds. The molecule has 1 saturated heterocycles. The van der Waals surface area contributed by atoms with Crippen LogP contribution in [0.2, 0.25) is 0 Å². The summed E-state index contributed by atoms with van der Waals surface area (Å²) in [6, 6.07) is 20.7. The number of para-hydroxylation sites is 1. The van der Waals surface area contributed by atoms with Crippen LogP contribution in [0.15, 0.2) is 77.8 Å². The van der Waals surface area contributed by atoms with Crippen LogP contribution in [0.4, 0.5) is 5.69 Å². The maximum Gasteiger partial charge on any atom is 0.275 e. The van der Waals surface area contributed by atoms with E-state index in [9.17, 15) is 13.2 Å². The van der Waals surface area contributed by atoms with Gasteiger partial charge < -0.3 is 9.47 Å². The van der Waals surface area contributed by atoms with Gasteiger partial charge in [-0.3, -0.25) is 4.79 Å². The van der Waals surface area contributed by atoms with E-state index in [4.69, 9.17) is 0 Å². The molecule has 7 heteroatoms. The van der Waals surface area contributed by atoms with Crippen molar-refractivity contribution in [2.24, 2.45) is 7.05 Å². The van der Waals surface area contributed by atoms with Crippen LogP contribution in [0.25, 0.3) is 0 Å². The van der Waals surface area contributed by atoms with Gasteiger partial charge in [-0.25, -0.2) is 8.42 Å². The predicted molar refractivity (Wildman–Crippen MR) is 117 cm³/mol. The highest BCUT2D eigenvalue weighted by atomic mass is 32.2. The fourth-order valence-electron chi connectivity index (χ4n) is 3.76. The molecule has 156 valence electrons. The maximum absolute atomic E-state index is 13.5. The average molecular weight is 424 g/mol. The van der Waals surface area contributed by atoms with Gasteiger partial charge in [-0.2, -0.15) is 4.31 Å². The smallest absolute Gasteiger partial charge is 0.275 e. The Morgan fingerprint density at radius 3 is 2.20 bits per heavy atom. The number of carbonyl (C=O) groups is 1. The first kappa shape index (κ1) is 20.4. The Bertz CT molecular complexity index is 1120. The highest BCUT2D eigenvalue weighted by Crippen LogP contribution is 2.25. The minimum Gasteiger partial charge on any atom is -0.345 e. The number of benzene rings is 2. The summed E-state index contributed by atoms with van der Waals surface area (Å²) >= 11 is 0. The van der Waals surface area contributed by atoms with Crippen molar-refractivity contribution in [3.8, 4) is 0 Å². The summed E-state index contributed by atoms with van der Waals surface area (Å²) < 4.78 is 29.0.